The molecule has 0 spiro atoms. The molecule has 22 heavy (non-hydrogen) atoms. The van der Waals surface area contributed by atoms with Crippen LogP contribution in [0.15, 0.2) is 24.3 Å². The highest BCUT2D eigenvalue weighted by molar-refractivity contribution is 6.36. The summed E-state index contributed by atoms with van der Waals surface area (Å²) in [5.74, 6) is -0.115. The summed E-state index contributed by atoms with van der Waals surface area (Å²) in [6.45, 7) is 0. The summed E-state index contributed by atoms with van der Waals surface area (Å²) in [6, 6.07) is 7.19. The van der Waals surface area contributed by atoms with Crippen LogP contribution in [0.2, 0.25) is 10.0 Å². The van der Waals surface area contributed by atoms with E-state index in [2.05, 4.69) is 15.5 Å². The standard InChI is InChI=1S/C16H17Cl2N3O/c17-10-6-7-12(13(18)8-10)14-9-15(21-20-14)16(22)19-11-4-2-1-3-5-11/h6-9,11H,1-5H2,(H,19,22)(H,20,21). The molecule has 1 aliphatic rings. The maximum absolute atomic E-state index is 12.3. The van der Waals surface area contributed by atoms with Crippen molar-refractivity contribution >= 4 is 29.1 Å². The Balaban J connectivity index is 1.73. The number of hydrogen-bond donors (Lipinski definition) is 2. The summed E-state index contributed by atoms with van der Waals surface area (Å²) in [6.07, 6.45) is 5.72. The Labute approximate surface area is 139 Å². The summed E-state index contributed by atoms with van der Waals surface area (Å²) in [5.41, 5.74) is 1.83. The predicted octanol–water partition coefficient (Wildman–Crippen LogP) is 4.45. The molecule has 0 bridgehead atoms. The van der Waals surface area contributed by atoms with E-state index in [1.54, 1.807) is 24.3 Å². The molecule has 3 rings (SSSR count). The Hall–Kier alpha value is -1.52. The first-order valence-corrected chi connectivity index (χ1v) is 8.21. The fraction of sp³-hybridized carbons (Fsp3) is 0.375. The van der Waals surface area contributed by atoms with Crippen LogP contribution >= 0.6 is 23.2 Å². The highest BCUT2D eigenvalue weighted by Crippen LogP contribution is 2.29. The molecular formula is C16H17Cl2N3O. The summed E-state index contributed by atoms with van der Waals surface area (Å²) in [4.78, 5) is 12.3. The number of aromatic nitrogens is 2. The van der Waals surface area contributed by atoms with Crippen LogP contribution in [0.3, 0.4) is 0 Å². The molecule has 6 heteroatoms. The topological polar surface area (TPSA) is 57.8 Å². The van der Waals surface area contributed by atoms with Crippen molar-refractivity contribution in [1.29, 1.82) is 0 Å². The van der Waals surface area contributed by atoms with Crippen molar-refractivity contribution in [1.82, 2.24) is 15.5 Å². The van der Waals surface area contributed by atoms with Crippen molar-refractivity contribution < 1.29 is 4.79 Å². The minimum absolute atomic E-state index is 0.115. The fourth-order valence-electron chi connectivity index (χ4n) is 2.78. The van der Waals surface area contributed by atoms with Gasteiger partial charge in [0.25, 0.3) is 5.91 Å². The second kappa shape index (κ2) is 6.71. The van der Waals surface area contributed by atoms with E-state index >= 15 is 0 Å². The van der Waals surface area contributed by atoms with Crippen molar-refractivity contribution in [2.75, 3.05) is 0 Å². The van der Waals surface area contributed by atoms with Crippen molar-refractivity contribution in [3.05, 3.63) is 40.0 Å². The number of aromatic amines is 1. The van der Waals surface area contributed by atoms with E-state index in [-0.39, 0.29) is 11.9 Å². The highest BCUT2D eigenvalue weighted by Gasteiger charge is 2.18. The fourth-order valence-corrected chi connectivity index (χ4v) is 3.29. The zero-order chi connectivity index (χ0) is 15.5. The average Bonchev–Trinajstić information content (AvgIpc) is 2.98. The molecule has 0 aliphatic heterocycles. The second-order valence-corrected chi connectivity index (χ2v) is 6.44. The van der Waals surface area contributed by atoms with Gasteiger partial charge >= 0.3 is 0 Å². The molecular weight excluding hydrogens is 321 g/mol. The van der Waals surface area contributed by atoms with Gasteiger partial charge in [0.15, 0.2) is 0 Å². The molecule has 0 atom stereocenters. The number of H-pyrrole nitrogens is 1. The molecule has 1 amide bonds. The monoisotopic (exact) mass is 337 g/mol. The van der Waals surface area contributed by atoms with E-state index < -0.39 is 0 Å². The summed E-state index contributed by atoms with van der Waals surface area (Å²) < 4.78 is 0. The molecule has 2 N–H and O–H groups in total. The van der Waals surface area contributed by atoms with Gasteiger partial charge in [0, 0.05) is 16.6 Å². The molecule has 116 valence electrons. The molecule has 0 unspecified atom stereocenters. The molecule has 1 aromatic heterocycles. The number of halogens is 2. The van der Waals surface area contributed by atoms with Gasteiger partial charge in [-0.25, -0.2) is 0 Å². The summed E-state index contributed by atoms with van der Waals surface area (Å²) in [7, 11) is 0. The van der Waals surface area contributed by atoms with Crippen molar-refractivity contribution in [3.63, 3.8) is 0 Å². The predicted molar refractivity (Wildman–Crippen MR) is 88.4 cm³/mol. The normalized spacial score (nSPS) is 15.7. The minimum atomic E-state index is -0.115. The zero-order valence-corrected chi connectivity index (χ0v) is 13.5. The molecule has 0 radical (unpaired) electrons. The van der Waals surface area contributed by atoms with Crippen LogP contribution < -0.4 is 5.32 Å². The van der Waals surface area contributed by atoms with Gasteiger partial charge < -0.3 is 5.32 Å². The molecule has 2 aromatic rings. The second-order valence-electron chi connectivity index (χ2n) is 5.60. The molecule has 1 fully saturated rings. The Morgan fingerprint density at radius 1 is 1.18 bits per heavy atom. The number of rotatable bonds is 3. The Kier molecular flexibility index (Phi) is 4.69. The number of hydrogen-bond acceptors (Lipinski definition) is 2. The third kappa shape index (κ3) is 3.45. The maximum atomic E-state index is 12.3. The number of carbonyl (C=O) groups is 1. The first-order chi connectivity index (χ1) is 10.6. The van der Waals surface area contributed by atoms with Crippen LogP contribution in [0.4, 0.5) is 0 Å². The van der Waals surface area contributed by atoms with Crippen LogP contribution in [-0.2, 0) is 0 Å². The quantitative estimate of drug-likeness (QED) is 0.869. The highest BCUT2D eigenvalue weighted by atomic mass is 35.5. The van der Waals surface area contributed by atoms with Gasteiger partial charge in [0.05, 0.1) is 10.7 Å². The van der Waals surface area contributed by atoms with Crippen LogP contribution in [0.25, 0.3) is 11.3 Å². The van der Waals surface area contributed by atoms with Gasteiger partial charge in [-0.3, -0.25) is 9.89 Å². The summed E-state index contributed by atoms with van der Waals surface area (Å²) >= 11 is 12.1. The first-order valence-electron chi connectivity index (χ1n) is 7.45. The molecule has 1 heterocycles. The van der Waals surface area contributed by atoms with E-state index in [4.69, 9.17) is 23.2 Å². The summed E-state index contributed by atoms with van der Waals surface area (Å²) in [5, 5.41) is 11.1. The number of nitrogens with one attached hydrogen (secondary N) is 2. The van der Waals surface area contributed by atoms with Crippen molar-refractivity contribution in [2.24, 2.45) is 0 Å². The van der Waals surface area contributed by atoms with Gasteiger partial charge in [0.1, 0.15) is 5.69 Å². The average molecular weight is 338 g/mol. The van der Waals surface area contributed by atoms with Crippen LogP contribution in [0, 0.1) is 0 Å². The maximum Gasteiger partial charge on any atom is 0.269 e. The third-order valence-electron chi connectivity index (χ3n) is 3.97. The SMILES string of the molecule is O=C(NC1CCCCC1)c1cc(-c2ccc(Cl)cc2Cl)n[nH]1. The van der Waals surface area contributed by atoms with Crippen LogP contribution in [-0.4, -0.2) is 22.1 Å². The van der Waals surface area contributed by atoms with Crippen molar-refractivity contribution in [3.8, 4) is 11.3 Å². The van der Waals surface area contributed by atoms with Crippen LogP contribution in [0.1, 0.15) is 42.6 Å². The molecule has 1 aromatic carbocycles. The largest absolute Gasteiger partial charge is 0.348 e. The van der Waals surface area contributed by atoms with Crippen molar-refractivity contribution in [2.45, 2.75) is 38.1 Å². The van der Waals surface area contributed by atoms with Gasteiger partial charge in [-0.1, -0.05) is 42.5 Å². The molecule has 0 saturated heterocycles. The molecule has 4 nitrogen and oxygen atoms in total. The lowest BCUT2D eigenvalue weighted by atomic mass is 9.95. The number of benzene rings is 1. The van der Waals surface area contributed by atoms with E-state index in [1.807, 2.05) is 0 Å². The van der Waals surface area contributed by atoms with E-state index in [0.29, 0.717) is 21.4 Å². The Bertz CT molecular complexity index is 678. The Morgan fingerprint density at radius 3 is 2.68 bits per heavy atom. The van der Waals surface area contributed by atoms with E-state index in [0.717, 1.165) is 18.4 Å². The van der Waals surface area contributed by atoms with E-state index in [9.17, 15) is 4.79 Å². The van der Waals surface area contributed by atoms with Crippen LogP contribution in [0.5, 0.6) is 0 Å². The smallest absolute Gasteiger partial charge is 0.269 e. The lowest BCUT2D eigenvalue weighted by Gasteiger charge is -2.22. The lowest BCUT2D eigenvalue weighted by molar-refractivity contribution is 0.0922. The minimum Gasteiger partial charge on any atom is -0.348 e. The van der Waals surface area contributed by atoms with Gasteiger partial charge in [-0.2, -0.15) is 5.10 Å². The van der Waals surface area contributed by atoms with Gasteiger partial charge in [-0.05, 0) is 37.1 Å². The number of carbonyl (C=O) groups excluding carboxylic acids is 1. The van der Waals surface area contributed by atoms with Gasteiger partial charge in [0.2, 0.25) is 0 Å². The third-order valence-corrected chi connectivity index (χ3v) is 4.52. The molecule has 1 saturated carbocycles. The lowest BCUT2D eigenvalue weighted by Crippen LogP contribution is -2.36. The van der Waals surface area contributed by atoms with E-state index in [1.165, 1.54) is 19.3 Å². The number of nitrogens with zero attached hydrogens (tertiary/aromatic N) is 1. The zero-order valence-electron chi connectivity index (χ0n) is 12.0. The first kappa shape index (κ1) is 15.4. The van der Waals surface area contributed by atoms with Gasteiger partial charge in [-0.15, -0.1) is 0 Å². The Morgan fingerprint density at radius 2 is 1.95 bits per heavy atom. The molecule has 1 aliphatic carbocycles. The number of amides is 1.